The Bertz CT molecular complexity index is 752. The summed E-state index contributed by atoms with van der Waals surface area (Å²) in [4.78, 5) is 27.5. The van der Waals surface area contributed by atoms with Crippen LogP contribution in [-0.4, -0.2) is 57.6 Å². The van der Waals surface area contributed by atoms with Gasteiger partial charge in [-0.25, -0.2) is 0 Å². The fraction of sp³-hybridized carbons (Fsp3) is 0.412. The number of halogens is 2. The second kappa shape index (κ2) is 6.86. The largest absolute Gasteiger partial charge is 0.508 e. The molecule has 0 bridgehead atoms. The zero-order chi connectivity index (χ0) is 18.3. The number of phenolic OH excluding ortho intramolecular Hbond substituents is 1. The summed E-state index contributed by atoms with van der Waals surface area (Å²) in [7, 11) is 0. The monoisotopic (exact) mass is 384 g/mol. The van der Waals surface area contributed by atoms with Gasteiger partial charge >= 0.3 is 0 Å². The van der Waals surface area contributed by atoms with Crippen LogP contribution in [0.3, 0.4) is 0 Å². The number of nitrogens with zero attached hydrogens (tertiary/aromatic N) is 2. The molecule has 25 heavy (non-hydrogen) atoms. The van der Waals surface area contributed by atoms with Crippen LogP contribution in [-0.2, 0) is 9.59 Å². The van der Waals surface area contributed by atoms with E-state index in [1.807, 2.05) is 0 Å². The fourth-order valence-electron chi connectivity index (χ4n) is 3.62. The highest BCUT2D eigenvalue weighted by molar-refractivity contribution is 6.42. The topological polar surface area (TPSA) is 81.1 Å². The number of rotatable bonds is 2. The normalized spacial score (nSPS) is 23.6. The van der Waals surface area contributed by atoms with E-state index in [0.29, 0.717) is 29.2 Å². The summed E-state index contributed by atoms with van der Waals surface area (Å²) in [6.07, 6.45) is 0.548. The third kappa shape index (κ3) is 3.21. The van der Waals surface area contributed by atoms with Crippen molar-refractivity contribution in [3.63, 3.8) is 0 Å². The minimum absolute atomic E-state index is 0.0181. The van der Waals surface area contributed by atoms with E-state index in [0.717, 1.165) is 0 Å². The Morgan fingerprint density at radius 2 is 2.04 bits per heavy atom. The van der Waals surface area contributed by atoms with Crippen LogP contribution in [0.4, 0.5) is 0 Å². The van der Waals surface area contributed by atoms with Gasteiger partial charge in [-0.3, -0.25) is 9.59 Å². The summed E-state index contributed by atoms with van der Waals surface area (Å²) in [5.41, 5.74) is 0.910. The van der Waals surface area contributed by atoms with Crippen LogP contribution in [0.15, 0.2) is 24.4 Å². The number of aliphatic hydroxyl groups is 1. The quantitative estimate of drug-likeness (QED) is 0.817. The van der Waals surface area contributed by atoms with Gasteiger partial charge in [0.15, 0.2) is 0 Å². The Balaban J connectivity index is 1.90. The molecule has 2 saturated heterocycles. The molecule has 2 aliphatic heterocycles. The van der Waals surface area contributed by atoms with E-state index in [9.17, 15) is 14.7 Å². The Hall–Kier alpha value is -1.76. The smallest absolute Gasteiger partial charge is 0.252 e. The van der Waals surface area contributed by atoms with Gasteiger partial charge in [-0.2, -0.15) is 0 Å². The van der Waals surface area contributed by atoms with E-state index < -0.39 is 12.5 Å². The molecule has 2 fully saturated rings. The zero-order valence-electron chi connectivity index (χ0n) is 13.4. The van der Waals surface area contributed by atoms with Crippen molar-refractivity contribution in [1.29, 1.82) is 0 Å². The van der Waals surface area contributed by atoms with Crippen LogP contribution in [0.25, 0.3) is 0 Å². The number of fused-ring (bicyclic) bond motifs is 1. The summed E-state index contributed by atoms with van der Waals surface area (Å²) in [5, 5.41) is 20.0. The van der Waals surface area contributed by atoms with Gasteiger partial charge in [-0.15, -0.1) is 0 Å². The highest BCUT2D eigenvalue weighted by Gasteiger charge is 2.42. The molecule has 2 amide bonds. The predicted octanol–water partition coefficient (Wildman–Crippen LogP) is 2.12. The number of amides is 2. The van der Waals surface area contributed by atoms with Crippen molar-refractivity contribution in [3.8, 4) is 5.75 Å². The van der Waals surface area contributed by atoms with Crippen LogP contribution >= 0.6 is 23.2 Å². The van der Waals surface area contributed by atoms with E-state index in [-0.39, 0.29) is 41.6 Å². The molecule has 0 saturated carbocycles. The summed E-state index contributed by atoms with van der Waals surface area (Å²) in [5.74, 6) is -0.759. The lowest BCUT2D eigenvalue weighted by molar-refractivity contribution is -0.133. The van der Waals surface area contributed by atoms with Crippen LogP contribution in [0.1, 0.15) is 24.3 Å². The van der Waals surface area contributed by atoms with Crippen molar-refractivity contribution in [3.05, 3.63) is 40.0 Å². The second-order valence-corrected chi connectivity index (χ2v) is 7.12. The zero-order valence-corrected chi connectivity index (χ0v) is 14.9. The molecule has 2 N–H and O–H groups in total. The van der Waals surface area contributed by atoms with E-state index in [1.165, 1.54) is 17.0 Å². The Morgan fingerprint density at radius 3 is 2.72 bits per heavy atom. The first-order valence-electron chi connectivity index (χ1n) is 7.88. The molecule has 0 spiro atoms. The SMILES string of the molecule is C=C1CC(=O)N2C[C@@H](c3c(O)ccc(Cl)c3Cl)C[C@H]2CN1C(=O)CO. The molecule has 2 heterocycles. The molecule has 1 aromatic rings. The van der Waals surface area contributed by atoms with Gasteiger partial charge in [0.1, 0.15) is 12.4 Å². The first kappa shape index (κ1) is 18.0. The standard InChI is InChI=1S/C17H18Cl2N2O4/c1-9-4-14(24)21-6-10(5-11(21)7-20(9)15(25)8-22)16-13(23)3-2-12(18)17(16)19/h2-3,10-11,22-23H,1,4-8H2/t10-,11-/m0/s1. The molecule has 6 nitrogen and oxygen atoms in total. The van der Waals surface area contributed by atoms with E-state index >= 15 is 0 Å². The predicted molar refractivity (Wildman–Crippen MR) is 93.5 cm³/mol. The minimum atomic E-state index is -0.635. The Kier molecular flexibility index (Phi) is 4.95. The van der Waals surface area contributed by atoms with Crippen LogP contribution in [0.2, 0.25) is 10.0 Å². The third-order valence-corrected chi connectivity index (χ3v) is 5.64. The van der Waals surface area contributed by atoms with Crippen molar-refractivity contribution in [2.45, 2.75) is 24.8 Å². The van der Waals surface area contributed by atoms with Crippen LogP contribution in [0, 0.1) is 0 Å². The lowest BCUT2D eigenvalue weighted by atomic mass is 9.95. The van der Waals surface area contributed by atoms with Gasteiger partial charge < -0.3 is 20.0 Å². The molecular formula is C17H18Cl2N2O4. The van der Waals surface area contributed by atoms with E-state index in [4.69, 9.17) is 28.3 Å². The highest BCUT2D eigenvalue weighted by Crippen LogP contribution is 2.43. The van der Waals surface area contributed by atoms with Crippen molar-refractivity contribution in [2.75, 3.05) is 19.7 Å². The molecule has 0 aliphatic carbocycles. The van der Waals surface area contributed by atoms with E-state index in [2.05, 4.69) is 6.58 Å². The summed E-state index contributed by atoms with van der Waals surface area (Å²) in [6, 6.07) is 2.77. The van der Waals surface area contributed by atoms with Crippen molar-refractivity contribution >= 4 is 35.0 Å². The van der Waals surface area contributed by atoms with Crippen LogP contribution in [0.5, 0.6) is 5.75 Å². The molecule has 3 rings (SSSR count). The third-order valence-electron chi connectivity index (χ3n) is 4.82. The molecule has 0 aromatic heterocycles. The van der Waals surface area contributed by atoms with Gasteiger partial charge in [0.2, 0.25) is 5.91 Å². The maximum Gasteiger partial charge on any atom is 0.252 e. The Labute approximate surface area is 155 Å². The number of benzene rings is 1. The van der Waals surface area contributed by atoms with Crippen molar-refractivity contribution in [1.82, 2.24) is 9.80 Å². The lowest BCUT2D eigenvalue weighted by Gasteiger charge is -2.25. The fourth-order valence-corrected chi connectivity index (χ4v) is 4.10. The Morgan fingerprint density at radius 1 is 1.32 bits per heavy atom. The van der Waals surface area contributed by atoms with Gasteiger partial charge in [0, 0.05) is 30.3 Å². The maximum atomic E-state index is 12.5. The average Bonchev–Trinajstić information content (AvgIpc) is 2.94. The highest BCUT2D eigenvalue weighted by atomic mass is 35.5. The second-order valence-electron chi connectivity index (χ2n) is 6.33. The molecule has 0 radical (unpaired) electrons. The maximum absolute atomic E-state index is 12.5. The first-order valence-corrected chi connectivity index (χ1v) is 8.64. The summed E-state index contributed by atoms with van der Waals surface area (Å²) < 4.78 is 0. The lowest BCUT2D eigenvalue weighted by Crippen LogP contribution is -2.41. The average molecular weight is 385 g/mol. The number of carbonyl (C=O) groups excluding carboxylic acids is 2. The summed E-state index contributed by atoms with van der Waals surface area (Å²) in [6.45, 7) is 3.80. The molecule has 2 aliphatic rings. The number of aliphatic hydroxyl groups excluding tert-OH is 1. The number of hydrogen-bond acceptors (Lipinski definition) is 4. The van der Waals surface area contributed by atoms with Gasteiger partial charge in [-0.1, -0.05) is 29.8 Å². The van der Waals surface area contributed by atoms with Gasteiger partial charge in [0.05, 0.1) is 22.5 Å². The first-order chi connectivity index (χ1) is 11.8. The molecule has 0 unspecified atom stereocenters. The minimum Gasteiger partial charge on any atom is -0.508 e. The number of carbonyl (C=O) groups is 2. The number of hydrogen-bond donors (Lipinski definition) is 2. The van der Waals surface area contributed by atoms with Gasteiger partial charge in [0.25, 0.3) is 5.91 Å². The molecule has 134 valence electrons. The van der Waals surface area contributed by atoms with Crippen LogP contribution < -0.4 is 0 Å². The van der Waals surface area contributed by atoms with Gasteiger partial charge in [-0.05, 0) is 18.6 Å². The molecular weight excluding hydrogens is 367 g/mol. The molecule has 2 atom stereocenters. The molecule has 8 heteroatoms. The number of aromatic hydroxyl groups is 1. The van der Waals surface area contributed by atoms with Crippen molar-refractivity contribution < 1.29 is 19.8 Å². The van der Waals surface area contributed by atoms with E-state index in [1.54, 1.807) is 4.90 Å². The summed E-state index contributed by atoms with van der Waals surface area (Å²) >= 11 is 12.3. The number of phenols is 1. The van der Waals surface area contributed by atoms with Crippen molar-refractivity contribution in [2.24, 2.45) is 0 Å². The molecule has 1 aromatic carbocycles.